The van der Waals surface area contributed by atoms with E-state index in [1.54, 1.807) is 0 Å². The molecule has 26 heavy (non-hydrogen) atoms. The molecule has 8 heteroatoms. The van der Waals surface area contributed by atoms with Gasteiger partial charge in [0.1, 0.15) is 5.65 Å². The van der Waals surface area contributed by atoms with Gasteiger partial charge in [-0.2, -0.15) is 0 Å². The zero-order valence-corrected chi connectivity index (χ0v) is 16.3. The summed E-state index contributed by atoms with van der Waals surface area (Å²) in [5.74, 6) is 0.279. The molecule has 0 aromatic carbocycles. The van der Waals surface area contributed by atoms with E-state index < -0.39 is 0 Å². The lowest BCUT2D eigenvalue weighted by atomic mass is 10.2. The largest absolute Gasteiger partial charge is 0.340 e. The Kier molecular flexibility index (Phi) is 6.40. The highest BCUT2D eigenvalue weighted by atomic mass is 35.5. The average Bonchev–Trinajstić information content (AvgIpc) is 3.20. The molecule has 1 amide bonds. The predicted octanol–water partition coefficient (Wildman–Crippen LogP) is 2.20. The predicted molar refractivity (Wildman–Crippen MR) is 105 cm³/mol. The Morgan fingerprint density at radius 2 is 2.08 bits per heavy atom. The molecule has 1 N–H and O–H groups in total. The molecule has 0 radical (unpaired) electrons. The third-order valence-corrected chi connectivity index (χ3v) is 5.33. The number of imidazole rings is 1. The second-order valence-electron chi connectivity index (χ2n) is 6.95. The second-order valence-corrected chi connectivity index (χ2v) is 7.39. The van der Waals surface area contributed by atoms with Gasteiger partial charge in [-0.05, 0) is 37.9 Å². The Morgan fingerprint density at radius 3 is 2.88 bits per heavy atom. The first-order chi connectivity index (χ1) is 12.2. The molecule has 2 aromatic rings. The number of nitrogens with zero attached hydrogens (tertiary/aromatic N) is 4. The quantitative estimate of drug-likeness (QED) is 0.862. The number of hydrogen-bond donors (Lipinski definition) is 1. The van der Waals surface area contributed by atoms with Gasteiger partial charge in [0.05, 0.1) is 16.8 Å². The van der Waals surface area contributed by atoms with Gasteiger partial charge in [0.25, 0.3) is 0 Å². The molecule has 0 spiro atoms. The van der Waals surface area contributed by atoms with Gasteiger partial charge in [-0.1, -0.05) is 11.6 Å². The fourth-order valence-corrected chi connectivity index (χ4v) is 3.96. The molecule has 2 aromatic heterocycles. The Hall–Kier alpha value is -1.34. The van der Waals surface area contributed by atoms with E-state index in [4.69, 9.17) is 11.6 Å². The average molecular weight is 398 g/mol. The number of carbonyl (C=O) groups excluding carboxylic acids is 1. The standard InChI is InChI=1S/C18H24ClN5O.ClH/c19-14-4-5-17-21-15(13-24(17)11-14)12-22-7-2-8-23(10-9-22)18(25)16-3-1-6-20-16;/h4-5,11,13,16,20H,1-3,6-10,12H2;1H. The molecule has 6 nitrogen and oxygen atoms in total. The molecule has 1 atom stereocenters. The monoisotopic (exact) mass is 397 g/mol. The van der Waals surface area contributed by atoms with Crippen LogP contribution >= 0.6 is 24.0 Å². The summed E-state index contributed by atoms with van der Waals surface area (Å²) in [4.78, 5) is 21.7. The number of amides is 1. The van der Waals surface area contributed by atoms with E-state index in [-0.39, 0.29) is 24.4 Å². The third kappa shape index (κ3) is 4.31. The fraction of sp³-hybridized carbons (Fsp3) is 0.556. The summed E-state index contributed by atoms with van der Waals surface area (Å²) in [6.07, 6.45) is 7.01. The maximum absolute atomic E-state index is 12.6. The number of fused-ring (bicyclic) bond motifs is 1. The zero-order valence-electron chi connectivity index (χ0n) is 14.7. The Labute approximate surface area is 164 Å². The van der Waals surface area contributed by atoms with Crippen LogP contribution in [0.4, 0.5) is 0 Å². The number of carbonyl (C=O) groups is 1. The lowest BCUT2D eigenvalue weighted by molar-refractivity contribution is -0.132. The van der Waals surface area contributed by atoms with Gasteiger partial charge in [0, 0.05) is 45.1 Å². The summed E-state index contributed by atoms with van der Waals surface area (Å²) in [6.45, 7) is 5.32. The maximum Gasteiger partial charge on any atom is 0.239 e. The molecule has 0 bridgehead atoms. The van der Waals surface area contributed by atoms with Crippen LogP contribution in [0.1, 0.15) is 25.0 Å². The van der Waals surface area contributed by atoms with Crippen LogP contribution in [0.2, 0.25) is 5.02 Å². The molecule has 4 heterocycles. The van der Waals surface area contributed by atoms with Gasteiger partial charge in [-0.3, -0.25) is 9.69 Å². The topological polar surface area (TPSA) is 52.9 Å². The number of halogens is 2. The van der Waals surface area contributed by atoms with E-state index in [2.05, 4.69) is 15.2 Å². The normalized spacial score (nSPS) is 21.6. The fourth-order valence-electron chi connectivity index (χ4n) is 3.79. The van der Waals surface area contributed by atoms with E-state index in [0.717, 1.165) is 69.9 Å². The molecule has 2 aliphatic heterocycles. The van der Waals surface area contributed by atoms with E-state index in [1.165, 1.54) is 0 Å². The molecule has 0 aliphatic carbocycles. The van der Waals surface area contributed by atoms with E-state index in [1.807, 2.05) is 33.8 Å². The number of nitrogens with one attached hydrogen (secondary N) is 1. The van der Waals surface area contributed by atoms with Crippen molar-refractivity contribution >= 4 is 35.6 Å². The highest BCUT2D eigenvalue weighted by molar-refractivity contribution is 6.30. The van der Waals surface area contributed by atoms with Crippen molar-refractivity contribution in [1.82, 2.24) is 24.5 Å². The first-order valence-corrected chi connectivity index (χ1v) is 9.44. The highest BCUT2D eigenvalue weighted by Crippen LogP contribution is 2.15. The van der Waals surface area contributed by atoms with Gasteiger partial charge >= 0.3 is 0 Å². The van der Waals surface area contributed by atoms with Gasteiger partial charge in [0.2, 0.25) is 5.91 Å². The van der Waals surface area contributed by atoms with Gasteiger partial charge in [-0.25, -0.2) is 4.98 Å². The molecule has 2 saturated heterocycles. The molecule has 4 rings (SSSR count). The van der Waals surface area contributed by atoms with Crippen molar-refractivity contribution in [2.24, 2.45) is 0 Å². The SMILES string of the molecule is Cl.O=C(C1CCCN1)N1CCCN(Cc2cn3cc(Cl)ccc3n2)CC1. The van der Waals surface area contributed by atoms with Gasteiger partial charge in [0.15, 0.2) is 0 Å². The van der Waals surface area contributed by atoms with Crippen LogP contribution in [0.25, 0.3) is 5.65 Å². The van der Waals surface area contributed by atoms with Crippen molar-refractivity contribution in [3.8, 4) is 0 Å². The number of rotatable bonds is 3. The van der Waals surface area contributed by atoms with E-state index >= 15 is 0 Å². The van der Waals surface area contributed by atoms with Crippen molar-refractivity contribution < 1.29 is 4.79 Å². The first kappa shape index (κ1) is 19.4. The van der Waals surface area contributed by atoms with E-state index in [9.17, 15) is 4.79 Å². The van der Waals surface area contributed by atoms with Gasteiger partial charge in [-0.15, -0.1) is 12.4 Å². The molecule has 0 saturated carbocycles. The maximum atomic E-state index is 12.6. The minimum absolute atomic E-state index is 0. The summed E-state index contributed by atoms with van der Waals surface area (Å²) < 4.78 is 1.97. The van der Waals surface area contributed by atoms with Crippen LogP contribution in [-0.4, -0.2) is 63.9 Å². The summed E-state index contributed by atoms with van der Waals surface area (Å²) in [5.41, 5.74) is 1.96. The van der Waals surface area contributed by atoms with Crippen LogP contribution in [0.3, 0.4) is 0 Å². The van der Waals surface area contributed by atoms with Crippen molar-refractivity contribution in [1.29, 1.82) is 0 Å². The molecular weight excluding hydrogens is 373 g/mol. The summed E-state index contributed by atoms with van der Waals surface area (Å²) >= 11 is 6.04. The first-order valence-electron chi connectivity index (χ1n) is 9.07. The Balaban J connectivity index is 0.00000196. The summed E-state index contributed by atoms with van der Waals surface area (Å²) in [5, 5.41) is 4.03. The Morgan fingerprint density at radius 1 is 1.19 bits per heavy atom. The smallest absolute Gasteiger partial charge is 0.239 e. The lowest BCUT2D eigenvalue weighted by Crippen LogP contribution is -2.45. The highest BCUT2D eigenvalue weighted by Gasteiger charge is 2.28. The minimum atomic E-state index is 0. The van der Waals surface area contributed by atoms with Crippen LogP contribution in [0, 0.1) is 0 Å². The molecule has 2 aliphatic rings. The van der Waals surface area contributed by atoms with Crippen LogP contribution in [0.5, 0.6) is 0 Å². The Bertz CT molecular complexity index is 759. The second kappa shape index (κ2) is 8.57. The minimum Gasteiger partial charge on any atom is -0.340 e. The van der Waals surface area contributed by atoms with E-state index in [0.29, 0.717) is 5.02 Å². The van der Waals surface area contributed by atoms with Crippen molar-refractivity contribution in [3.63, 3.8) is 0 Å². The van der Waals surface area contributed by atoms with Crippen molar-refractivity contribution in [2.45, 2.75) is 31.8 Å². The number of pyridine rings is 1. The van der Waals surface area contributed by atoms with Gasteiger partial charge < -0.3 is 14.6 Å². The third-order valence-electron chi connectivity index (χ3n) is 5.11. The summed E-state index contributed by atoms with van der Waals surface area (Å²) in [7, 11) is 0. The number of aromatic nitrogens is 2. The van der Waals surface area contributed by atoms with Crippen LogP contribution < -0.4 is 5.32 Å². The van der Waals surface area contributed by atoms with Crippen molar-refractivity contribution in [2.75, 3.05) is 32.7 Å². The molecule has 1 unspecified atom stereocenters. The number of hydrogen-bond acceptors (Lipinski definition) is 4. The van der Waals surface area contributed by atoms with Crippen molar-refractivity contribution in [3.05, 3.63) is 35.2 Å². The molecule has 2 fully saturated rings. The molecule has 142 valence electrons. The molecular formula is C18H25Cl2N5O. The zero-order chi connectivity index (χ0) is 17.2. The summed E-state index contributed by atoms with van der Waals surface area (Å²) in [6, 6.07) is 3.83. The van der Waals surface area contributed by atoms with Crippen LogP contribution in [0.15, 0.2) is 24.5 Å². The lowest BCUT2D eigenvalue weighted by Gasteiger charge is -2.24. The van der Waals surface area contributed by atoms with Crippen LogP contribution in [-0.2, 0) is 11.3 Å².